The van der Waals surface area contributed by atoms with Gasteiger partial charge in [0.15, 0.2) is 10.2 Å². The van der Waals surface area contributed by atoms with Gasteiger partial charge in [-0.25, -0.2) is 0 Å². The van der Waals surface area contributed by atoms with Crippen molar-refractivity contribution in [2.75, 3.05) is 6.61 Å². The van der Waals surface area contributed by atoms with E-state index in [0.29, 0.717) is 0 Å². The third-order valence-corrected chi connectivity index (χ3v) is 2.06. The third kappa shape index (κ3) is 7.22. The quantitative estimate of drug-likeness (QED) is 0.131. The van der Waals surface area contributed by atoms with Crippen LogP contribution in [0.15, 0.2) is 10.2 Å². The second-order valence-corrected chi connectivity index (χ2v) is 4.31. The van der Waals surface area contributed by atoms with Gasteiger partial charge in [-0.1, -0.05) is 0 Å². The summed E-state index contributed by atoms with van der Waals surface area (Å²) in [5.74, 6) is 0. The fraction of sp³-hybridized carbons (Fsp3) is 0.500. The van der Waals surface area contributed by atoms with E-state index in [1.807, 2.05) is 0 Å². The molecule has 0 fully saturated rings. The van der Waals surface area contributed by atoms with Gasteiger partial charge in [-0.15, -0.1) is 0 Å². The highest BCUT2D eigenvalue weighted by Gasteiger charge is 2.27. The molecular formula is C8H16N6O4S2. The van der Waals surface area contributed by atoms with Gasteiger partial charge in [0.2, 0.25) is 0 Å². The first-order valence-electron chi connectivity index (χ1n) is 5.16. The Morgan fingerprint density at radius 3 is 2.15 bits per heavy atom. The summed E-state index contributed by atoms with van der Waals surface area (Å²) in [6.45, 7) is -0.753. The minimum absolute atomic E-state index is 0.131. The summed E-state index contributed by atoms with van der Waals surface area (Å²) in [5.41, 5.74) is 14.4. The molecule has 10 N–H and O–H groups in total. The van der Waals surface area contributed by atoms with Crippen molar-refractivity contribution in [2.45, 2.75) is 18.3 Å². The van der Waals surface area contributed by atoms with Crippen LogP contribution in [0, 0.1) is 0 Å². The van der Waals surface area contributed by atoms with Crippen molar-refractivity contribution in [2.24, 2.45) is 21.7 Å². The zero-order chi connectivity index (χ0) is 15.7. The van der Waals surface area contributed by atoms with Crippen LogP contribution in [0.4, 0.5) is 0 Å². The predicted octanol–water partition coefficient (Wildman–Crippen LogP) is -3.93. The highest BCUT2D eigenvalue weighted by molar-refractivity contribution is 7.80. The molecule has 10 nitrogen and oxygen atoms in total. The topological polar surface area (TPSA) is 182 Å². The molecule has 0 saturated carbocycles. The van der Waals surface area contributed by atoms with Crippen LogP contribution in [-0.4, -0.2) is 67.5 Å². The maximum Gasteiger partial charge on any atom is 0.184 e. The summed E-state index contributed by atoms with van der Waals surface area (Å²) >= 11 is 9.02. The molecule has 0 radical (unpaired) electrons. The van der Waals surface area contributed by atoms with E-state index in [1.165, 1.54) is 0 Å². The van der Waals surface area contributed by atoms with Gasteiger partial charge in [0, 0.05) is 0 Å². The maximum atomic E-state index is 9.80. The average molecular weight is 324 g/mol. The monoisotopic (exact) mass is 324 g/mol. The summed E-state index contributed by atoms with van der Waals surface area (Å²) < 4.78 is 0. The van der Waals surface area contributed by atoms with Gasteiger partial charge in [0.05, 0.1) is 12.8 Å². The lowest BCUT2D eigenvalue weighted by molar-refractivity contribution is -0.0549. The van der Waals surface area contributed by atoms with Crippen LogP contribution in [-0.2, 0) is 0 Å². The number of hydrazone groups is 2. The number of nitrogens with one attached hydrogen (secondary N) is 2. The Hall–Kier alpha value is -1.44. The zero-order valence-corrected chi connectivity index (χ0v) is 11.8. The maximum absolute atomic E-state index is 9.80. The fourth-order valence-corrected chi connectivity index (χ4v) is 1.04. The van der Waals surface area contributed by atoms with E-state index in [1.54, 1.807) is 0 Å². The summed E-state index contributed by atoms with van der Waals surface area (Å²) in [5, 5.41) is 44.1. The summed E-state index contributed by atoms with van der Waals surface area (Å²) in [4.78, 5) is 0. The number of nitrogens with two attached hydrogens (primary N) is 2. The normalized spacial score (nSPS) is 16.5. The Labute approximate surface area is 125 Å². The SMILES string of the molecule is NC(=S)NN=C/C(=N/NC(N)=S)C(O)C(O)C(O)CO. The number of hydrogen-bond acceptors (Lipinski definition) is 8. The molecule has 3 unspecified atom stereocenters. The average Bonchev–Trinajstić information content (AvgIpc) is 2.39. The van der Waals surface area contributed by atoms with Gasteiger partial charge < -0.3 is 31.9 Å². The van der Waals surface area contributed by atoms with Crippen molar-refractivity contribution < 1.29 is 20.4 Å². The summed E-state index contributed by atoms with van der Waals surface area (Å²) in [6.07, 6.45) is -3.97. The minimum atomic E-state index is -1.71. The number of rotatable bonds is 7. The van der Waals surface area contributed by atoms with E-state index in [0.717, 1.165) is 6.21 Å². The van der Waals surface area contributed by atoms with Crippen molar-refractivity contribution in [1.82, 2.24) is 10.9 Å². The number of aliphatic hydroxyl groups excluding tert-OH is 4. The van der Waals surface area contributed by atoms with Gasteiger partial charge >= 0.3 is 0 Å². The van der Waals surface area contributed by atoms with Gasteiger partial charge in [-0.2, -0.15) is 10.2 Å². The molecule has 0 aliphatic heterocycles. The van der Waals surface area contributed by atoms with E-state index in [9.17, 15) is 15.3 Å². The van der Waals surface area contributed by atoms with Crippen LogP contribution in [0.3, 0.4) is 0 Å². The third-order valence-electron chi connectivity index (χ3n) is 1.87. The van der Waals surface area contributed by atoms with Crippen molar-refractivity contribution in [3.05, 3.63) is 0 Å². The summed E-state index contributed by atoms with van der Waals surface area (Å²) in [6, 6.07) is 0. The zero-order valence-electron chi connectivity index (χ0n) is 10.2. The first-order chi connectivity index (χ1) is 9.29. The van der Waals surface area contributed by atoms with E-state index in [2.05, 4.69) is 45.5 Å². The predicted molar refractivity (Wildman–Crippen MR) is 80.9 cm³/mol. The van der Waals surface area contributed by atoms with Crippen molar-refractivity contribution >= 4 is 46.6 Å². The molecule has 0 aliphatic carbocycles. The van der Waals surface area contributed by atoms with Gasteiger partial charge in [0.25, 0.3) is 0 Å². The molecule has 20 heavy (non-hydrogen) atoms. The molecule has 12 heteroatoms. The van der Waals surface area contributed by atoms with E-state index in [-0.39, 0.29) is 15.9 Å². The standard InChI is InChI=1S/C8H16N6O4S2/c9-7(19)13-11-1-3(12-14-8(10)20)5(17)6(18)4(16)2-15/h1,4-6,15-18H,2H2,(H3,9,13,19)(H3,10,14,20)/b11-1?,12-3-. The fourth-order valence-electron chi connectivity index (χ4n) is 0.946. The second kappa shape index (κ2) is 9.46. The highest BCUT2D eigenvalue weighted by Crippen LogP contribution is 2.01. The highest BCUT2D eigenvalue weighted by atomic mass is 32.1. The van der Waals surface area contributed by atoms with E-state index in [4.69, 9.17) is 16.6 Å². The number of aliphatic hydroxyl groups is 4. The molecule has 0 aliphatic rings. The van der Waals surface area contributed by atoms with E-state index < -0.39 is 24.9 Å². The Balaban J connectivity index is 5.00. The van der Waals surface area contributed by atoms with Gasteiger partial charge in [-0.3, -0.25) is 10.9 Å². The Morgan fingerprint density at radius 2 is 1.70 bits per heavy atom. The smallest absolute Gasteiger partial charge is 0.184 e. The lowest BCUT2D eigenvalue weighted by Gasteiger charge is -2.21. The molecule has 0 rings (SSSR count). The molecular weight excluding hydrogens is 308 g/mol. The lowest BCUT2D eigenvalue weighted by atomic mass is 10.0. The molecule has 0 aromatic heterocycles. The second-order valence-electron chi connectivity index (χ2n) is 3.43. The number of hydrogen-bond donors (Lipinski definition) is 8. The minimum Gasteiger partial charge on any atom is -0.394 e. The van der Waals surface area contributed by atoms with Crippen molar-refractivity contribution in [1.29, 1.82) is 0 Å². The Kier molecular flexibility index (Phi) is 8.78. The largest absolute Gasteiger partial charge is 0.394 e. The number of nitrogens with zero attached hydrogens (tertiary/aromatic N) is 2. The molecule has 0 spiro atoms. The molecule has 0 aromatic rings. The molecule has 114 valence electrons. The molecule has 0 aromatic carbocycles. The Morgan fingerprint density at radius 1 is 1.15 bits per heavy atom. The molecule has 3 atom stereocenters. The first-order valence-corrected chi connectivity index (χ1v) is 5.97. The van der Waals surface area contributed by atoms with Crippen molar-refractivity contribution in [3.8, 4) is 0 Å². The molecule has 0 amide bonds. The van der Waals surface area contributed by atoms with Crippen molar-refractivity contribution in [3.63, 3.8) is 0 Å². The first kappa shape index (κ1) is 18.6. The molecule has 0 bridgehead atoms. The molecule has 0 saturated heterocycles. The van der Waals surface area contributed by atoms with E-state index >= 15 is 0 Å². The lowest BCUT2D eigenvalue weighted by Crippen LogP contribution is -2.45. The van der Waals surface area contributed by atoms with Gasteiger partial charge in [0.1, 0.15) is 24.0 Å². The Bertz CT molecular complexity index is 404. The van der Waals surface area contributed by atoms with Crippen LogP contribution in [0.5, 0.6) is 0 Å². The van der Waals surface area contributed by atoms with Crippen LogP contribution in [0.1, 0.15) is 0 Å². The summed E-state index contributed by atoms with van der Waals surface area (Å²) in [7, 11) is 0. The van der Waals surface area contributed by atoms with Crippen LogP contribution >= 0.6 is 24.4 Å². The molecule has 0 heterocycles. The van der Waals surface area contributed by atoms with Gasteiger partial charge in [-0.05, 0) is 24.4 Å². The van der Waals surface area contributed by atoms with Crippen LogP contribution < -0.4 is 22.3 Å². The van der Waals surface area contributed by atoms with Crippen LogP contribution in [0.2, 0.25) is 0 Å². The number of thiocarbonyl (C=S) groups is 2. The van der Waals surface area contributed by atoms with Crippen LogP contribution in [0.25, 0.3) is 0 Å².